The first-order valence-electron chi connectivity index (χ1n) is 15.5. The molecule has 5 N–H and O–H groups in total. The largest absolute Gasteiger partial charge is 0.458 e. The number of fused-ring (bicyclic) bond motifs is 5. The van der Waals surface area contributed by atoms with Gasteiger partial charge in [-0.25, -0.2) is 4.79 Å². The van der Waals surface area contributed by atoms with Crippen molar-refractivity contribution in [2.75, 3.05) is 6.61 Å². The number of aliphatic hydroxyl groups excluding tert-OH is 4. The predicted molar refractivity (Wildman–Crippen MR) is 146 cm³/mol. The van der Waals surface area contributed by atoms with Crippen LogP contribution in [0.4, 0.5) is 0 Å². The van der Waals surface area contributed by atoms with Gasteiger partial charge in [-0.15, -0.1) is 0 Å². The monoisotopic (exact) mass is 608 g/mol. The maximum absolute atomic E-state index is 13.2. The third-order valence-electron chi connectivity index (χ3n) is 12.2. The van der Waals surface area contributed by atoms with E-state index in [1.807, 2.05) is 6.92 Å². The van der Waals surface area contributed by atoms with Gasteiger partial charge < -0.3 is 49.3 Å². The van der Waals surface area contributed by atoms with E-state index in [1.54, 1.807) is 6.92 Å². The minimum Gasteiger partial charge on any atom is -0.458 e. The SMILES string of the molecule is CC(=O)OC12CC[C@H](C3=CC(=O)OC3)[C@@]1(C)C[C@@H](O)[C@H]1[C@H]2CC[C@]2(O)C[C@@H](O[C@@H]3O[C@@H](C)[C@@H](O)[C@@H](O)[C@H]3O)CC[C@]12C=O. The zero-order valence-corrected chi connectivity index (χ0v) is 24.9. The van der Waals surface area contributed by atoms with Gasteiger partial charge in [0.1, 0.15) is 36.8 Å². The van der Waals surface area contributed by atoms with Crippen molar-refractivity contribution in [1.82, 2.24) is 0 Å². The number of aldehydes is 1. The number of hydrogen-bond donors (Lipinski definition) is 5. The molecule has 0 amide bonds. The molecule has 1 saturated heterocycles. The summed E-state index contributed by atoms with van der Waals surface area (Å²) < 4.78 is 23.2. The standard InChI is InChI=1S/C31H44O12/c1-15-24(36)25(37)26(38)27(41-15)42-18-4-7-29(14-32)23-20(5-8-30(29,39)11-18)31(43-16(2)33)9-6-19(17-10-22(35)40-13-17)28(31,3)12-21(23)34/h10,14-15,18-21,23-27,34,36-39H,4-9,11-13H2,1-3H3/t15-,18-,19+,20+,21+,23+,24+,25+,26+,27-,28+,29-,30-,31?/m0/s1. The predicted octanol–water partition coefficient (Wildman–Crippen LogP) is 0.292. The molecule has 14 atom stereocenters. The maximum atomic E-state index is 13.2. The van der Waals surface area contributed by atoms with Crippen LogP contribution in [0.3, 0.4) is 0 Å². The van der Waals surface area contributed by atoms with Gasteiger partial charge in [0.25, 0.3) is 0 Å². The van der Waals surface area contributed by atoms with E-state index in [2.05, 4.69) is 0 Å². The van der Waals surface area contributed by atoms with Crippen molar-refractivity contribution in [3.63, 3.8) is 0 Å². The highest BCUT2D eigenvalue weighted by atomic mass is 16.7. The van der Waals surface area contributed by atoms with Gasteiger partial charge in [0.2, 0.25) is 0 Å². The highest BCUT2D eigenvalue weighted by molar-refractivity contribution is 5.85. The van der Waals surface area contributed by atoms with Gasteiger partial charge in [-0.2, -0.15) is 0 Å². The maximum Gasteiger partial charge on any atom is 0.331 e. The van der Waals surface area contributed by atoms with Crippen molar-refractivity contribution >= 4 is 18.2 Å². The Balaban J connectivity index is 1.31. The third kappa shape index (κ3) is 4.39. The van der Waals surface area contributed by atoms with Crippen LogP contribution in [0.15, 0.2) is 11.6 Å². The molecule has 1 unspecified atom stereocenters. The molecule has 6 rings (SSSR count). The molecule has 6 aliphatic rings. The average Bonchev–Trinajstić information content (AvgIpc) is 3.49. The summed E-state index contributed by atoms with van der Waals surface area (Å²) in [6.45, 7) is 5.08. The molecule has 0 spiro atoms. The molecule has 12 heteroatoms. The first-order chi connectivity index (χ1) is 20.2. The lowest BCUT2D eigenvalue weighted by atomic mass is 9.41. The summed E-state index contributed by atoms with van der Waals surface area (Å²) in [5, 5.41) is 54.9. The lowest BCUT2D eigenvalue weighted by Crippen LogP contribution is -2.72. The van der Waals surface area contributed by atoms with Crippen LogP contribution in [-0.4, -0.2) is 104 Å². The summed E-state index contributed by atoms with van der Waals surface area (Å²) >= 11 is 0. The molecule has 4 saturated carbocycles. The van der Waals surface area contributed by atoms with E-state index in [0.717, 1.165) is 11.9 Å². The number of carbonyl (C=O) groups is 3. The quantitative estimate of drug-likeness (QED) is 0.163. The zero-order valence-electron chi connectivity index (χ0n) is 24.9. The van der Waals surface area contributed by atoms with Crippen molar-refractivity contribution in [2.24, 2.45) is 28.6 Å². The smallest absolute Gasteiger partial charge is 0.331 e. The Morgan fingerprint density at radius 2 is 1.79 bits per heavy atom. The van der Waals surface area contributed by atoms with E-state index in [9.17, 15) is 39.9 Å². The summed E-state index contributed by atoms with van der Waals surface area (Å²) in [4.78, 5) is 37.8. The van der Waals surface area contributed by atoms with Crippen molar-refractivity contribution < 1.29 is 58.9 Å². The molecule has 240 valence electrons. The Bertz CT molecular complexity index is 1190. The summed E-state index contributed by atoms with van der Waals surface area (Å²) in [6, 6.07) is 0. The van der Waals surface area contributed by atoms with Gasteiger partial charge in [0.05, 0.1) is 29.3 Å². The van der Waals surface area contributed by atoms with Gasteiger partial charge in [-0.05, 0) is 63.4 Å². The van der Waals surface area contributed by atoms with E-state index in [4.69, 9.17) is 18.9 Å². The molecular weight excluding hydrogens is 564 g/mol. The molecule has 0 radical (unpaired) electrons. The highest BCUT2D eigenvalue weighted by Crippen LogP contribution is 2.71. The van der Waals surface area contributed by atoms with E-state index >= 15 is 0 Å². The minimum atomic E-state index is -1.55. The molecule has 12 nitrogen and oxygen atoms in total. The van der Waals surface area contributed by atoms with Crippen molar-refractivity contribution in [1.29, 1.82) is 0 Å². The lowest BCUT2D eigenvalue weighted by molar-refractivity contribution is -0.320. The van der Waals surface area contributed by atoms with Crippen LogP contribution in [0.1, 0.15) is 72.1 Å². The molecule has 2 heterocycles. The fourth-order valence-corrected chi connectivity index (χ4v) is 10.3. The number of rotatable bonds is 5. The van der Waals surface area contributed by atoms with Crippen molar-refractivity contribution in [3.05, 3.63) is 11.6 Å². The zero-order chi connectivity index (χ0) is 31.1. The second kappa shape index (κ2) is 10.6. The normalized spacial score (nSPS) is 52.7. The van der Waals surface area contributed by atoms with Crippen molar-refractivity contribution in [2.45, 2.75) is 126 Å². The highest BCUT2D eigenvalue weighted by Gasteiger charge is 2.75. The summed E-state index contributed by atoms with van der Waals surface area (Å²) in [5.41, 5.74) is -3.82. The van der Waals surface area contributed by atoms with Crippen LogP contribution >= 0.6 is 0 Å². The Kier molecular flexibility index (Phi) is 7.64. The van der Waals surface area contributed by atoms with Gasteiger partial charge in [0.15, 0.2) is 6.29 Å². The summed E-state index contributed by atoms with van der Waals surface area (Å²) in [5.74, 6) is -2.15. The van der Waals surface area contributed by atoms with Gasteiger partial charge in [-0.3, -0.25) is 4.79 Å². The van der Waals surface area contributed by atoms with Gasteiger partial charge in [0, 0.05) is 36.7 Å². The molecule has 43 heavy (non-hydrogen) atoms. The Hall–Kier alpha value is -1.93. The Morgan fingerprint density at radius 1 is 1.05 bits per heavy atom. The van der Waals surface area contributed by atoms with Gasteiger partial charge in [-0.1, -0.05) is 6.92 Å². The number of aliphatic hydroxyl groups is 5. The molecular formula is C31H44O12. The molecule has 4 aliphatic carbocycles. The average molecular weight is 609 g/mol. The van der Waals surface area contributed by atoms with E-state index in [-0.39, 0.29) is 38.2 Å². The first-order valence-corrected chi connectivity index (χ1v) is 15.5. The second-order valence-electron chi connectivity index (χ2n) is 14.1. The fourth-order valence-electron chi connectivity index (χ4n) is 10.3. The molecule has 2 aliphatic heterocycles. The van der Waals surface area contributed by atoms with E-state index in [1.165, 1.54) is 13.0 Å². The van der Waals surface area contributed by atoms with Crippen LogP contribution in [0.5, 0.6) is 0 Å². The van der Waals surface area contributed by atoms with E-state index < -0.39 is 88.7 Å². The topological polar surface area (TPSA) is 189 Å². The minimum absolute atomic E-state index is 0.0358. The Morgan fingerprint density at radius 3 is 2.44 bits per heavy atom. The number of ether oxygens (including phenoxy) is 4. The van der Waals surface area contributed by atoms with Crippen LogP contribution in [-0.2, 0) is 33.3 Å². The second-order valence-corrected chi connectivity index (χ2v) is 14.1. The van der Waals surface area contributed by atoms with Crippen LogP contribution in [0.2, 0.25) is 0 Å². The molecule has 0 aromatic rings. The van der Waals surface area contributed by atoms with E-state index in [0.29, 0.717) is 25.7 Å². The number of cyclic esters (lactones) is 1. The molecule has 0 aromatic carbocycles. The number of hydrogen-bond acceptors (Lipinski definition) is 12. The first kappa shape index (κ1) is 31.1. The number of esters is 2. The van der Waals surface area contributed by atoms with Crippen LogP contribution in [0.25, 0.3) is 0 Å². The molecule has 0 aromatic heterocycles. The molecule has 5 fully saturated rings. The van der Waals surface area contributed by atoms with Crippen LogP contribution in [0, 0.1) is 28.6 Å². The summed E-state index contributed by atoms with van der Waals surface area (Å²) in [6.07, 6.45) is -3.16. The fraction of sp³-hybridized carbons (Fsp3) is 0.839. The molecule has 0 bridgehead atoms. The van der Waals surface area contributed by atoms with Crippen molar-refractivity contribution in [3.8, 4) is 0 Å². The third-order valence-corrected chi connectivity index (χ3v) is 12.2. The lowest BCUT2D eigenvalue weighted by Gasteiger charge is -2.67. The number of carbonyl (C=O) groups excluding carboxylic acids is 3. The van der Waals surface area contributed by atoms with Gasteiger partial charge >= 0.3 is 11.9 Å². The van der Waals surface area contributed by atoms with Crippen LogP contribution < -0.4 is 0 Å². The summed E-state index contributed by atoms with van der Waals surface area (Å²) in [7, 11) is 0. The Labute approximate surface area is 250 Å².